The highest BCUT2D eigenvalue weighted by Gasteiger charge is 2.03. The van der Waals surface area contributed by atoms with Gasteiger partial charge in [-0.05, 0) is 17.3 Å². The number of nitrogens with zero attached hydrogens (tertiary/aromatic N) is 3. The Labute approximate surface area is 62.4 Å². The Morgan fingerprint density at radius 1 is 1.18 bits per heavy atom. The lowest BCUT2D eigenvalue weighted by molar-refractivity contribution is 1.23. The van der Waals surface area contributed by atoms with Crippen LogP contribution in [0.3, 0.4) is 0 Å². The monoisotopic (exact) mass is 151 g/mol. The lowest BCUT2D eigenvalue weighted by Gasteiger charge is -1.95. The number of nitroso groups, excluding NO2 is 2. The van der Waals surface area contributed by atoms with Crippen LogP contribution in [-0.2, 0) is 0 Å². The Balaban J connectivity index is 3.30. The van der Waals surface area contributed by atoms with Gasteiger partial charge in [-0.2, -0.15) is 0 Å². The highest BCUT2D eigenvalue weighted by Crippen LogP contribution is 2.25. The number of hydrogen-bond acceptors (Lipinski definition) is 5. The molecule has 0 aliphatic carbocycles. The minimum Gasteiger partial charge on any atom is -0.260 e. The molecule has 0 bridgehead atoms. The SMILES string of the molecule is Cc1c(N=O)cncc1N=O. The maximum absolute atomic E-state index is 10.1. The van der Waals surface area contributed by atoms with Gasteiger partial charge in [-0.15, -0.1) is 9.81 Å². The molecule has 0 saturated carbocycles. The van der Waals surface area contributed by atoms with Crippen molar-refractivity contribution >= 4 is 11.4 Å². The van der Waals surface area contributed by atoms with E-state index in [4.69, 9.17) is 0 Å². The fourth-order valence-corrected chi connectivity index (χ4v) is 0.687. The van der Waals surface area contributed by atoms with Crippen LogP contribution in [0.5, 0.6) is 0 Å². The van der Waals surface area contributed by atoms with Gasteiger partial charge in [-0.25, -0.2) is 0 Å². The maximum atomic E-state index is 10.1. The van der Waals surface area contributed by atoms with Gasteiger partial charge in [-0.3, -0.25) is 4.98 Å². The zero-order valence-corrected chi connectivity index (χ0v) is 5.81. The molecule has 56 valence electrons. The fourth-order valence-electron chi connectivity index (χ4n) is 0.687. The van der Waals surface area contributed by atoms with Crippen molar-refractivity contribution in [3.63, 3.8) is 0 Å². The van der Waals surface area contributed by atoms with Gasteiger partial charge < -0.3 is 0 Å². The quantitative estimate of drug-likeness (QED) is 0.608. The summed E-state index contributed by atoms with van der Waals surface area (Å²) in [7, 11) is 0. The lowest BCUT2D eigenvalue weighted by atomic mass is 10.2. The maximum Gasteiger partial charge on any atom is 0.131 e. The first-order chi connectivity index (χ1) is 5.29. The van der Waals surface area contributed by atoms with Crippen LogP contribution >= 0.6 is 0 Å². The van der Waals surface area contributed by atoms with Crippen molar-refractivity contribution in [1.82, 2.24) is 4.98 Å². The molecule has 0 spiro atoms. The summed E-state index contributed by atoms with van der Waals surface area (Å²) >= 11 is 0. The molecule has 0 saturated heterocycles. The van der Waals surface area contributed by atoms with E-state index in [2.05, 4.69) is 15.3 Å². The van der Waals surface area contributed by atoms with Gasteiger partial charge in [0.15, 0.2) is 0 Å². The van der Waals surface area contributed by atoms with E-state index in [1.807, 2.05) is 0 Å². The molecule has 0 atom stereocenters. The first kappa shape index (κ1) is 7.46. The molecular weight excluding hydrogens is 146 g/mol. The molecule has 5 heteroatoms. The Morgan fingerprint density at radius 3 is 2.00 bits per heavy atom. The molecule has 0 N–H and O–H groups in total. The van der Waals surface area contributed by atoms with Crippen molar-refractivity contribution in [3.05, 3.63) is 27.8 Å². The average Bonchev–Trinajstić information content (AvgIpc) is 2.05. The third-order valence-electron chi connectivity index (χ3n) is 1.36. The molecule has 1 rings (SSSR count). The number of rotatable bonds is 2. The summed E-state index contributed by atoms with van der Waals surface area (Å²) in [6, 6.07) is 0. The minimum atomic E-state index is 0.155. The topological polar surface area (TPSA) is 71.8 Å². The van der Waals surface area contributed by atoms with Crippen LogP contribution in [0.15, 0.2) is 22.7 Å². The van der Waals surface area contributed by atoms with Crippen LogP contribution in [0.25, 0.3) is 0 Å². The van der Waals surface area contributed by atoms with Crippen molar-refractivity contribution in [2.24, 2.45) is 10.4 Å². The smallest absolute Gasteiger partial charge is 0.131 e. The summed E-state index contributed by atoms with van der Waals surface area (Å²) in [5.41, 5.74) is 0.772. The van der Waals surface area contributed by atoms with Gasteiger partial charge in [-0.1, -0.05) is 0 Å². The van der Waals surface area contributed by atoms with E-state index >= 15 is 0 Å². The zero-order valence-electron chi connectivity index (χ0n) is 5.81. The van der Waals surface area contributed by atoms with Crippen molar-refractivity contribution in [1.29, 1.82) is 0 Å². The molecule has 0 fully saturated rings. The predicted octanol–water partition coefficient (Wildman–Crippen LogP) is 2.19. The van der Waals surface area contributed by atoms with Crippen LogP contribution in [0.2, 0.25) is 0 Å². The molecule has 0 aliphatic heterocycles. The molecule has 5 nitrogen and oxygen atoms in total. The van der Waals surface area contributed by atoms with Gasteiger partial charge in [0.2, 0.25) is 0 Å². The van der Waals surface area contributed by atoms with Gasteiger partial charge in [0.05, 0.1) is 12.4 Å². The van der Waals surface area contributed by atoms with E-state index in [0.717, 1.165) is 0 Å². The van der Waals surface area contributed by atoms with E-state index in [0.29, 0.717) is 5.56 Å². The molecule has 0 unspecified atom stereocenters. The van der Waals surface area contributed by atoms with Crippen molar-refractivity contribution in [2.45, 2.75) is 6.92 Å². The molecule has 1 aromatic heterocycles. The Kier molecular flexibility index (Phi) is 2.00. The third-order valence-corrected chi connectivity index (χ3v) is 1.36. The highest BCUT2D eigenvalue weighted by atomic mass is 16.3. The van der Waals surface area contributed by atoms with Gasteiger partial charge >= 0.3 is 0 Å². The van der Waals surface area contributed by atoms with Gasteiger partial charge in [0, 0.05) is 5.56 Å². The van der Waals surface area contributed by atoms with Crippen LogP contribution in [-0.4, -0.2) is 4.98 Å². The molecule has 0 aromatic carbocycles. The molecule has 0 amide bonds. The molecular formula is C6H5N3O2. The van der Waals surface area contributed by atoms with Crippen LogP contribution < -0.4 is 0 Å². The number of pyridine rings is 1. The van der Waals surface area contributed by atoms with E-state index in [1.54, 1.807) is 6.92 Å². The van der Waals surface area contributed by atoms with Crippen molar-refractivity contribution in [2.75, 3.05) is 0 Å². The summed E-state index contributed by atoms with van der Waals surface area (Å²) in [5, 5.41) is 5.33. The molecule has 1 aromatic rings. The molecule has 1 heterocycles. The summed E-state index contributed by atoms with van der Waals surface area (Å²) < 4.78 is 0. The summed E-state index contributed by atoms with van der Waals surface area (Å²) in [5.74, 6) is 0. The summed E-state index contributed by atoms with van der Waals surface area (Å²) in [6.45, 7) is 1.59. The lowest BCUT2D eigenvalue weighted by Crippen LogP contribution is -1.77. The van der Waals surface area contributed by atoms with E-state index in [1.165, 1.54) is 12.4 Å². The number of aromatic nitrogens is 1. The van der Waals surface area contributed by atoms with Crippen LogP contribution in [0.4, 0.5) is 11.4 Å². The van der Waals surface area contributed by atoms with Crippen molar-refractivity contribution in [3.8, 4) is 0 Å². The number of hydrogen-bond donors (Lipinski definition) is 0. The van der Waals surface area contributed by atoms with Crippen molar-refractivity contribution < 1.29 is 0 Å². The largest absolute Gasteiger partial charge is 0.260 e. The zero-order chi connectivity index (χ0) is 8.27. The standard InChI is InChI=1S/C6H5N3O2/c1-4-5(8-10)2-7-3-6(4)9-11/h2-3H,1H3. The second-order valence-electron chi connectivity index (χ2n) is 1.99. The highest BCUT2D eigenvalue weighted by molar-refractivity contribution is 5.56. The fraction of sp³-hybridized carbons (Fsp3) is 0.167. The van der Waals surface area contributed by atoms with E-state index < -0.39 is 0 Å². The second kappa shape index (κ2) is 2.96. The Morgan fingerprint density at radius 2 is 1.64 bits per heavy atom. The first-order valence-corrected chi connectivity index (χ1v) is 2.91. The normalized spacial score (nSPS) is 9.18. The van der Waals surface area contributed by atoms with Crippen LogP contribution in [0, 0.1) is 16.7 Å². The van der Waals surface area contributed by atoms with E-state index in [9.17, 15) is 9.81 Å². The molecule has 0 radical (unpaired) electrons. The van der Waals surface area contributed by atoms with Gasteiger partial charge in [0.1, 0.15) is 11.4 Å². The van der Waals surface area contributed by atoms with Crippen LogP contribution in [0.1, 0.15) is 5.56 Å². The summed E-state index contributed by atoms with van der Waals surface area (Å²) in [6.07, 6.45) is 2.58. The Bertz CT molecular complexity index is 272. The third kappa shape index (κ3) is 1.26. The molecule has 11 heavy (non-hydrogen) atoms. The Hall–Kier alpha value is -1.65. The molecule has 0 aliphatic rings. The predicted molar refractivity (Wildman–Crippen MR) is 39.9 cm³/mol. The van der Waals surface area contributed by atoms with Gasteiger partial charge in [0.25, 0.3) is 0 Å². The van der Waals surface area contributed by atoms with E-state index in [-0.39, 0.29) is 11.4 Å². The first-order valence-electron chi connectivity index (χ1n) is 2.91. The summed E-state index contributed by atoms with van der Waals surface area (Å²) in [4.78, 5) is 23.7. The minimum absolute atomic E-state index is 0.155. The average molecular weight is 151 g/mol. The second-order valence-corrected chi connectivity index (χ2v) is 1.99.